The largest absolute Gasteiger partial charge is 0.493 e. The van der Waals surface area contributed by atoms with Gasteiger partial charge >= 0.3 is 0 Å². The average Bonchev–Trinajstić information content (AvgIpc) is 3.37. The monoisotopic (exact) mass is 484 g/mol. The van der Waals surface area contributed by atoms with Crippen molar-refractivity contribution >= 4 is 11.6 Å². The molecule has 3 aromatic carbocycles. The first kappa shape index (κ1) is 23.3. The van der Waals surface area contributed by atoms with Gasteiger partial charge in [0, 0.05) is 28.3 Å². The van der Waals surface area contributed by atoms with Crippen LogP contribution >= 0.6 is 0 Å². The molecule has 9 heteroatoms. The molecule has 3 atom stereocenters. The minimum Gasteiger partial charge on any atom is -0.493 e. The maximum absolute atomic E-state index is 13.3. The van der Waals surface area contributed by atoms with E-state index in [0.29, 0.717) is 40.4 Å². The number of nitro groups is 1. The van der Waals surface area contributed by atoms with Gasteiger partial charge in [-0.05, 0) is 36.9 Å². The van der Waals surface area contributed by atoms with Gasteiger partial charge in [-0.25, -0.2) is 0 Å². The summed E-state index contributed by atoms with van der Waals surface area (Å²) in [6.07, 6.45) is 0. The maximum atomic E-state index is 13.3. The number of nitrogens with one attached hydrogen (secondary N) is 1. The number of benzene rings is 3. The summed E-state index contributed by atoms with van der Waals surface area (Å²) in [6.45, 7) is 0.482. The third-order valence-corrected chi connectivity index (χ3v) is 7.18. The zero-order valence-electron chi connectivity index (χ0n) is 19.8. The second kappa shape index (κ2) is 8.98. The van der Waals surface area contributed by atoms with E-state index < -0.39 is 23.4 Å². The fourth-order valence-corrected chi connectivity index (χ4v) is 5.52. The molecule has 2 aliphatic heterocycles. The molecule has 0 unspecified atom stereocenters. The lowest BCUT2D eigenvalue weighted by atomic mass is 9.79. The van der Waals surface area contributed by atoms with Crippen LogP contribution in [0.15, 0.2) is 66.7 Å². The van der Waals surface area contributed by atoms with Crippen molar-refractivity contribution in [1.29, 1.82) is 5.26 Å². The van der Waals surface area contributed by atoms with Crippen LogP contribution in [0.1, 0.15) is 28.2 Å². The number of nitrogens with zero attached hydrogens (tertiary/aromatic N) is 3. The van der Waals surface area contributed by atoms with Crippen LogP contribution in [0.2, 0.25) is 0 Å². The molecule has 1 spiro atoms. The molecule has 0 aliphatic carbocycles. The summed E-state index contributed by atoms with van der Waals surface area (Å²) in [7, 11) is 3.25. The average molecular weight is 485 g/mol. The number of para-hydroxylation sites is 1. The Hall–Kier alpha value is -4.42. The van der Waals surface area contributed by atoms with Gasteiger partial charge < -0.3 is 14.8 Å². The van der Waals surface area contributed by atoms with Crippen molar-refractivity contribution in [2.24, 2.45) is 0 Å². The van der Waals surface area contributed by atoms with Crippen molar-refractivity contribution in [3.63, 3.8) is 0 Å². The molecule has 0 radical (unpaired) electrons. The van der Waals surface area contributed by atoms with Crippen molar-refractivity contribution in [3.05, 3.63) is 99.1 Å². The Labute approximate surface area is 208 Å². The topological polar surface area (TPSA) is 118 Å². The summed E-state index contributed by atoms with van der Waals surface area (Å²) < 4.78 is 11.5. The number of methoxy groups -OCH3 is 1. The van der Waals surface area contributed by atoms with Crippen LogP contribution in [0, 0.1) is 21.4 Å². The summed E-state index contributed by atoms with van der Waals surface area (Å²) in [5, 5.41) is 24.7. The molecule has 1 N–H and O–H groups in total. The number of likely N-dealkylation sites (tertiary alicyclic amines) is 1. The third kappa shape index (κ3) is 3.46. The van der Waals surface area contributed by atoms with Crippen LogP contribution in [0.4, 0.5) is 5.69 Å². The highest BCUT2D eigenvalue weighted by Crippen LogP contribution is 2.52. The van der Waals surface area contributed by atoms with Crippen molar-refractivity contribution in [3.8, 4) is 17.6 Å². The van der Waals surface area contributed by atoms with Crippen LogP contribution in [-0.2, 0) is 16.9 Å². The van der Waals surface area contributed by atoms with E-state index in [-0.39, 0.29) is 11.5 Å². The van der Waals surface area contributed by atoms with E-state index >= 15 is 0 Å². The van der Waals surface area contributed by atoms with Crippen molar-refractivity contribution < 1.29 is 19.2 Å². The van der Waals surface area contributed by atoms with Gasteiger partial charge in [-0.3, -0.25) is 19.8 Å². The normalized spacial score (nSPS) is 22.6. The van der Waals surface area contributed by atoms with E-state index in [1.807, 2.05) is 12.1 Å². The van der Waals surface area contributed by atoms with Gasteiger partial charge in [0.2, 0.25) is 0 Å². The predicted octanol–water partition coefficient (Wildman–Crippen LogP) is 3.67. The van der Waals surface area contributed by atoms with Gasteiger partial charge in [-0.15, -0.1) is 0 Å². The van der Waals surface area contributed by atoms with Gasteiger partial charge in [-0.1, -0.05) is 42.5 Å². The predicted molar refractivity (Wildman–Crippen MR) is 131 cm³/mol. The van der Waals surface area contributed by atoms with Crippen LogP contribution in [0.25, 0.3) is 0 Å². The summed E-state index contributed by atoms with van der Waals surface area (Å²) in [6, 6.07) is 20.5. The summed E-state index contributed by atoms with van der Waals surface area (Å²) in [5.74, 6) is -0.0803. The molecule has 36 heavy (non-hydrogen) atoms. The highest BCUT2D eigenvalue weighted by molar-refractivity contribution is 6.06. The first-order chi connectivity index (χ1) is 17.4. The number of carbonyl (C=O) groups is 1. The van der Waals surface area contributed by atoms with Crippen LogP contribution in [0.5, 0.6) is 11.5 Å². The second-order valence-electron chi connectivity index (χ2n) is 8.95. The summed E-state index contributed by atoms with van der Waals surface area (Å²) >= 11 is 0. The van der Waals surface area contributed by atoms with Crippen molar-refractivity contribution in [1.82, 2.24) is 4.90 Å². The number of anilines is 1. The van der Waals surface area contributed by atoms with E-state index in [2.05, 4.69) is 11.4 Å². The van der Waals surface area contributed by atoms with E-state index in [0.717, 1.165) is 5.56 Å². The number of fused-ring (bicyclic) bond motifs is 2. The number of nitriles is 1. The Morgan fingerprint density at radius 1 is 1.17 bits per heavy atom. The van der Waals surface area contributed by atoms with Gasteiger partial charge in [0.15, 0.2) is 17.0 Å². The molecule has 9 nitrogen and oxygen atoms in total. The standard InChI is InChI=1S/C27H24N4O5/c1-30-15-20(25(31(33)34)27(30)21-9-5-6-10-22(21)29-26(27)32)17-11-12-23(24(13-17)35-2)36-16-19-8-4-3-7-18(19)14-28/h3-13,20,25H,15-16H2,1-2H3,(H,29,32)/t20-,25-,27-/m0/s1. The first-order valence-electron chi connectivity index (χ1n) is 11.5. The van der Waals surface area contributed by atoms with E-state index in [9.17, 15) is 20.2 Å². The molecule has 5 rings (SSSR count). The number of amides is 1. The van der Waals surface area contributed by atoms with Crippen LogP contribution in [-0.4, -0.2) is 42.5 Å². The van der Waals surface area contributed by atoms with Gasteiger partial charge in [0.1, 0.15) is 6.61 Å². The highest BCUT2D eigenvalue weighted by Gasteiger charge is 2.68. The molecule has 2 aliphatic rings. The van der Waals surface area contributed by atoms with Gasteiger partial charge in [0.25, 0.3) is 11.9 Å². The Kier molecular flexibility index (Phi) is 5.82. The summed E-state index contributed by atoms with van der Waals surface area (Å²) in [4.78, 5) is 27.2. The maximum Gasteiger partial charge on any atom is 0.256 e. The molecular formula is C27H24N4O5. The van der Waals surface area contributed by atoms with E-state index in [4.69, 9.17) is 9.47 Å². The van der Waals surface area contributed by atoms with Gasteiger partial charge in [-0.2, -0.15) is 5.26 Å². The molecule has 0 saturated carbocycles. The molecule has 182 valence electrons. The molecule has 3 aromatic rings. The van der Waals surface area contributed by atoms with Gasteiger partial charge in [0.05, 0.1) is 24.7 Å². The lowest BCUT2D eigenvalue weighted by Crippen LogP contribution is -2.54. The molecule has 0 aromatic heterocycles. The number of ether oxygens (including phenoxy) is 2. The van der Waals surface area contributed by atoms with E-state index in [1.54, 1.807) is 66.5 Å². The fourth-order valence-electron chi connectivity index (χ4n) is 5.52. The first-order valence-corrected chi connectivity index (χ1v) is 11.5. The Balaban J connectivity index is 1.49. The third-order valence-electron chi connectivity index (χ3n) is 7.18. The molecular weight excluding hydrogens is 460 g/mol. The lowest BCUT2D eigenvalue weighted by molar-refractivity contribution is -0.534. The highest BCUT2D eigenvalue weighted by atomic mass is 16.6. The fraction of sp³-hybridized carbons (Fsp3) is 0.259. The van der Waals surface area contributed by atoms with Crippen LogP contribution < -0.4 is 14.8 Å². The Morgan fingerprint density at radius 2 is 1.92 bits per heavy atom. The quantitative estimate of drug-likeness (QED) is 0.419. The SMILES string of the molecule is COc1cc([C@@H]2CN(C)[C@]3(C(=O)Nc4ccccc43)[C@H]2[N+](=O)[O-])ccc1OCc1ccccc1C#N. The van der Waals surface area contributed by atoms with Crippen LogP contribution in [0.3, 0.4) is 0 Å². The molecule has 1 fully saturated rings. The molecule has 2 heterocycles. The summed E-state index contributed by atoms with van der Waals surface area (Å²) in [5.41, 5.74) is 1.75. The Bertz CT molecular complexity index is 1400. The smallest absolute Gasteiger partial charge is 0.256 e. The second-order valence-corrected chi connectivity index (χ2v) is 8.95. The van der Waals surface area contributed by atoms with E-state index in [1.165, 1.54) is 7.11 Å². The number of likely N-dealkylation sites (N-methyl/N-ethyl adjacent to an activating group) is 1. The minimum atomic E-state index is -1.41. The number of hydrogen-bond donors (Lipinski definition) is 1. The minimum absolute atomic E-state index is 0.170. The molecule has 1 amide bonds. The molecule has 1 saturated heterocycles. The lowest BCUT2D eigenvalue weighted by Gasteiger charge is -2.30. The zero-order chi connectivity index (χ0) is 25.4. The molecule has 0 bridgehead atoms. The van der Waals surface area contributed by atoms with Crippen molar-refractivity contribution in [2.75, 3.05) is 26.0 Å². The number of hydrogen-bond acceptors (Lipinski definition) is 7. The Morgan fingerprint density at radius 3 is 2.67 bits per heavy atom. The zero-order valence-corrected chi connectivity index (χ0v) is 19.8. The number of rotatable bonds is 6. The van der Waals surface area contributed by atoms with Crippen molar-refractivity contribution in [2.45, 2.75) is 24.1 Å². The number of carbonyl (C=O) groups excluding carboxylic acids is 1.